The highest BCUT2D eigenvalue weighted by Gasteiger charge is 2.09. The van der Waals surface area contributed by atoms with E-state index in [0.717, 1.165) is 0 Å². The minimum absolute atomic E-state index is 0.112. The maximum atomic E-state index is 9.10. The fraction of sp³-hybridized carbons (Fsp3) is 0.714. The average molecular weight is 127 g/mol. The van der Waals surface area contributed by atoms with Gasteiger partial charge in [-0.3, -0.25) is 0 Å². The minimum Gasteiger partial charge on any atom is -0.392 e. The van der Waals surface area contributed by atoms with E-state index in [9.17, 15) is 0 Å². The highest BCUT2D eigenvalue weighted by molar-refractivity contribution is 4.88. The van der Waals surface area contributed by atoms with Gasteiger partial charge in [-0.2, -0.15) is 0 Å². The molecule has 0 heterocycles. The molecular weight excluding hydrogens is 114 g/mol. The summed E-state index contributed by atoms with van der Waals surface area (Å²) in [5.74, 6) is 2.49. The van der Waals surface area contributed by atoms with E-state index in [1.165, 1.54) is 0 Å². The lowest BCUT2D eigenvalue weighted by atomic mass is 10.0. The van der Waals surface area contributed by atoms with Crippen molar-refractivity contribution < 1.29 is 5.11 Å². The Labute approximate surface area is 56.1 Å². The van der Waals surface area contributed by atoms with Gasteiger partial charge in [-0.05, 0) is 12.5 Å². The van der Waals surface area contributed by atoms with Crippen LogP contribution in [0.5, 0.6) is 0 Å². The van der Waals surface area contributed by atoms with Crippen LogP contribution in [0.4, 0.5) is 0 Å². The van der Waals surface area contributed by atoms with Gasteiger partial charge < -0.3 is 10.8 Å². The van der Waals surface area contributed by atoms with Crippen molar-refractivity contribution in [3.05, 3.63) is 0 Å². The second-order valence-electron chi connectivity index (χ2n) is 2.19. The lowest BCUT2D eigenvalue weighted by Crippen LogP contribution is -2.24. The van der Waals surface area contributed by atoms with Gasteiger partial charge in [0.25, 0.3) is 0 Å². The van der Waals surface area contributed by atoms with Gasteiger partial charge in [-0.15, -0.1) is 12.3 Å². The molecule has 0 saturated carbocycles. The van der Waals surface area contributed by atoms with Gasteiger partial charge in [-0.1, -0.05) is 6.92 Å². The molecule has 2 nitrogen and oxygen atoms in total. The van der Waals surface area contributed by atoms with Crippen LogP contribution in [0.2, 0.25) is 0 Å². The molecule has 0 aromatic carbocycles. The summed E-state index contributed by atoms with van der Waals surface area (Å²) in [6.07, 6.45) is 4.94. The van der Waals surface area contributed by atoms with Gasteiger partial charge in [0.15, 0.2) is 0 Å². The fourth-order valence-corrected chi connectivity index (χ4v) is 0.479. The van der Waals surface area contributed by atoms with Crippen molar-refractivity contribution in [1.82, 2.24) is 0 Å². The van der Waals surface area contributed by atoms with E-state index < -0.39 is 6.10 Å². The maximum absolute atomic E-state index is 9.10. The lowest BCUT2D eigenvalue weighted by molar-refractivity contribution is 0.125. The molecule has 0 fully saturated rings. The Morgan fingerprint density at radius 1 is 1.78 bits per heavy atom. The van der Waals surface area contributed by atoms with E-state index in [-0.39, 0.29) is 5.92 Å². The van der Waals surface area contributed by atoms with E-state index in [1.54, 1.807) is 0 Å². The zero-order chi connectivity index (χ0) is 7.28. The third-order valence-electron chi connectivity index (χ3n) is 1.36. The van der Waals surface area contributed by atoms with Crippen LogP contribution in [0.15, 0.2) is 0 Å². The molecule has 9 heavy (non-hydrogen) atoms. The van der Waals surface area contributed by atoms with E-state index in [1.807, 2.05) is 6.92 Å². The normalized spacial score (nSPS) is 16.2. The van der Waals surface area contributed by atoms with Crippen molar-refractivity contribution in [2.75, 3.05) is 6.54 Å². The van der Waals surface area contributed by atoms with Gasteiger partial charge in [0, 0.05) is 6.42 Å². The molecule has 0 amide bonds. The maximum Gasteiger partial charge on any atom is 0.0686 e. The summed E-state index contributed by atoms with van der Waals surface area (Å²) in [6.45, 7) is 2.37. The molecular formula is C7H13NO. The Morgan fingerprint density at radius 3 is 2.67 bits per heavy atom. The highest BCUT2D eigenvalue weighted by Crippen LogP contribution is 2.02. The monoisotopic (exact) mass is 127 g/mol. The summed E-state index contributed by atoms with van der Waals surface area (Å²) in [4.78, 5) is 0. The zero-order valence-electron chi connectivity index (χ0n) is 5.67. The number of aliphatic hydroxyl groups excluding tert-OH is 1. The van der Waals surface area contributed by atoms with Crippen LogP contribution < -0.4 is 5.73 Å². The summed E-state index contributed by atoms with van der Waals surface area (Å²) >= 11 is 0. The molecule has 0 aliphatic carbocycles. The van der Waals surface area contributed by atoms with Crippen LogP contribution in [0.1, 0.15) is 13.3 Å². The second-order valence-corrected chi connectivity index (χ2v) is 2.19. The minimum atomic E-state index is -0.431. The molecule has 52 valence electrons. The van der Waals surface area contributed by atoms with Gasteiger partial charge in [-0.25, -0.2) is 0 Å². The molecule has 0 rings (SSSR count). The van der Waals surface area contributed by atoms with Crippen molar-refractivity contribution in [2.24, 2.45) is 11.7 Å². The molecule has 0 aromatic rings. The number of rotatable bonds is 3. The summed E-state index contributed by atoms with van der Waals surface area (Å²) in [5.41, 5.74) is 5.27. The Kier molecular flexibility index (Phi) is 4.12. The number of aliphatic hydroxyl groups is 1. The zero-order valence-corrected chi connectivity index (χ0v) is 5.67. The molecule has 0 bridgehead atoms. The summed E-state index contributed by atoms with van der Waals surface area (Å²) in [6, 6.07) is 0. The molecule has 0 aliphatic heterocycles. The van der Waals surface area contributed by atoms with Crippen LogP contribution >= 0.6 is 0 Å². The standard InChI is InChI=1S/C7H13NO/c1-3-4-7(9)6(2)5-8/h1,6-7,9H,4-5,8H2,2H3. The van der Waals surface area contributed by atoms with Crippen molar-refractivity contribution in [3.8, 4) is 12.3 Å². The predicted molar refractivity (Wildman–Crippen MR) is 37.7 cm³/mol. The first-order chi connectivity index (χ1) is 4.22. The first-order valence-electron chi connectivity index (χ1n) is 3.04. The molecule has 2 unspecified atom stereocenters. The third-order valence-corrected chi connectivity index (χ3v) is 1.36. The van der Waals surface area contributed by atoms with Crippen molar-refractivity contribution in [2.45, 2.75) is 19.4 Å². The number of nitrogens with two attached hydrogens (primary N) is 1. The average Bonchev–Trinajstić information content (AvgIpc) is 1.87. The molecule has 0 aliphatic rings. The van der Waals surface area contributed by atoms with Gasteiger partial charge >= 0.3 is 0 Å². The summed E-state index contributed by atoms with van der Waals surface area (Å²) in [5, 5.41) is 9.10. The van der Waals surface area contributed by atoms with Crippen LogP contribution in [-0.4, -0.2) is 17.8 Å². The van der Waals surface area contributed by atoms with Gasteiger partial charge in [0.1, 0.15) is 0 Å². The summed E-state index contributed by atoms with van der Waals surface area (Å²) < 4.78 is 0. The second kappa shape index (κ2) is 4.37. The van der Waals surface area contributed by atoms with E-state index >= 15 is 0 Å². The topological polar surface area (TPSA) is 46.2 Å². The molecule has 0 aromatic heterocycles. The van der Waals surface area contributed by atoms with Crippen molar-refractivity contribution in [3.63, 3.8) is 0 Å². The largest absolute Gasteiger partial charge is 0.392 e. The molecule has 0 radical (unpaired) electrons. The Bertz CT molecular complexity index is 106. The lowest BCUT2D eigenvalue weighted by Gasteiger charge is -2.12. The number of hydrogen-bond acceptors (Lipinski definition) is 2. The third kappa shape index (κ3) is 3.12. The first kappa shape index (κ1) is 8.48. The van der Waals surface area contributed by atoms with Gasteiger partial charge in [0.2, 0.25) is 0 Å². The van der Waals surface area contributed by atoms with Crippen molar-refractivity contribution in [1.29, 1.82) is 0 Å². The fourth-order valence-electron chi connectivity index (χ4n) is 0.479. The van der Waals surface area contributed by atoms with Crippen LogP contribution in [0, 0.1) is 18.3 Å². The Hall–Kier alpha value is -0.520. The molecule has 3 N–H and O–H groups in total. The van der Waals surface area contributed by atoms with Crippen LogP contribution in [0.3, 0.4) is 0 Å². The van der Waals surface area contributed by atoms with E-state index in [4.69, 9.17) is 17.3 Å². The number of terminal acetylenes is 1. The quantitative estimate of drug-likeness (QED) is 0.523. The number of hydrogen-bond donors (Lipinski definition) is 2. The predicted octanol–water partition coefficient (Wildman–Crippen LogP) is -0.0346. The smallest absolute Gasteiger partial charge is 0.0686 e. The Balaban J connectivity index is 3.48. The molecule has 0 saturated heterocycles. The van der Waals surface area contributed by atoms with Crippen LogP contribution in [0.25, 0.3) is 0 Å². The SMILES string of the molecule is C#CCC(O)C(C)CN. The molecule has 2 heteroatoms. The van der Waals surface area contributed by atoms with Gasteiger partial charge in [0.05, 0.1) is 6.10 Å². The molecule has 0 spiro atoms. The van der Waals surface area contributed by atoms with E-state index in [0.29, 0.717) is 13.0 Å². The highest BCUT2D eigenvalue weighted by atomic mass is 16.3. The first-order valence-corrected chi connectivity index (χ1v) is 3.04. The van der Waals surface area contributed by atoms with Crippen LogP contribution in [-0.2, 0) is 0 Å². The summed E-state index contributed by atoms with van der Waals surface area (Å²) in [7, 11) is 0. The Morgan fingerprint density at radius 2 is 2.33 bits per heavy atom. The molecule has 2 atom stereocenters. The van der Waals surface area contributed by atoms with E-state index in [2.05, 4.69) is 5.92 Å². The van der Waals surface area contributed by atoms with Crippen molar-refractivity contribution >= 4 is 0 Å².